The molecule has 1 atom stereocenters. The Bertz CT molecular complexity index is 983. The zero-order valence-electron chi connectivity index (χ0n) is 15.9. The second-order valence-corrected chi connectivity index (χ2v) is 6.97. The van der Waals surface area contributed by atoms with Crippen LogP contribution in [-0.2, 0) is 11.2 Å². The summed E-state index contributed by atoms with van der Waals surface area (Å²) in [6, 6.07) is 28.2. The molecule has 0 saturated carbocycles. The van der Waals surface area contributed by atoms with Crippen molar-refractivity contribution >= 4 is 17.3 Å². The number of rotatable bonds is 5. The standard InChI is InChI=1S/C24H23N3O/c1-27(17-16-18-10-4-2-5-11-18)23-24(28)25-21-15-9-8-14-20(21)22(26-23)19-12-6-3-7-13-19/h2-15,23H,16-17H2,1H3,(H,25,28). The highest BCUT2D eigenvalue weighted by molar-refractivity contribution is 6.19. The third-order valence-corrected chi connectivity index (χ3v) is 4.99. The van der Waals surface area contributed by atoms with Crippen LogP contribution in [0.2, 0.25) is 0 Å². The van der Waals surface area contributed by atoms with Crippen molar-refractivity contribution in [1.29, 1.82) is 0 Å². The van der Waals surface area contributed by atoms with Gasteiger partial charge in [-0.3, -0.25) is 14.7 Å². The van der Waals surface area contributed by atoms with Crippen LogP contribution < -0.4 is 5.32 Å². The topological polar surface area (TPSA) is 44.7 Å². The predicted octanol–water partition coefficient (Wildman–Crippen LogP) is 3.98. The molecule has 1 N–H and O–H groups in total. The lowest BCUT2D eigenvalue weighted by molar-refractivity contribution is -0.120. The lowest BCUT2D eigenvalue weighted by Gasteiger charge is -2.23. The summed E-state index contributed by atoms with van der Waals surface area (Å²) in [4.78, 5) is 19.9. The van der Waals surface area contributed by atoms with Gasteiger partial charge in [0.05, 0.1) is 11.4 Å². The van der Waals surface area contributed by atoms with Crippen LogP contribution in [0, 0.1) is 0 Å². The molecule has 0 bridgehead atoms. The zero-order chi connectivity index (χ0) is 19.3. The Labute approximate surface area is 165 Å². The minimum atomic E-state index is -0.577. The molecule has 1 amide bonds. The average molecular weight is 369 g/mol. The zero-order valence-corrected chi connectivity index (χ0v) is 15.9. The van der Waals surface area contributed by atoms with E-state index in [1.807, 2.05) is 84.7 Å². The monoisotopic (exact) mass is 369 g/mol. The lowest BCUT2D eigenvalue weighted by atomic mass is 10.0. The van der Waals surface area contributed by atoms with Crippen molar-refractivity contribution in [1.82, 2.24) is 4.90 Å². The molecule has 0 aliphatic carbocycles. The third-order valence-electron chi connectivity index (χ3n) is 4.99. The first kappa shape index (κ1) is 18.1. The number of para-hydroxylation sites is 1. The average Bonchev–Trinajstić information content (AvgIpc) is 2.89. The number of amides is 1. The molecule has 0 radical (unpaired) electrons. The number of hydrogen-bond donors (Lipinski definition) is 1. The Balaban J connectivity index is 1.66. The summed E-state index contributed by atoms with van der Waals surface area (Å²) in [6.45, 7) is 0.740. The third kappa shape index (κ3) is 3.87. The van der Waals surface area contributed by atoms with Gasteiger partial charge in [0, 0.05) is 17.7 Å². The van der Waals surface area contributed by atoms with Gasteiger partial charge in [0.15, 0.2) is 6.17 Å². The lowest BCUT2D eigenvalue weighted by Crippen LogP contribution is -2.41. The summed E-state index contributed by atoms with van der Waals surface area (Å²) in [5.41, 5.74) is 4.84. The summed E-state index contributed by atoms with van der Waals surface area (Å²) in [5, 5.41) is 3.06. The van der Waals surface area contributed by atoms with Gasteiger partial charge >= 0.3 is 0 Å². The van der Waals surface area contributed by atoms with Gasteiger partial charge in [-0.15, -0.1) is 0 Å². The van der Waals surface area contributed by atoms with Gasteiger partial charge in [-0.1, -0.05) is 78.9 Å². The van der Waals surface area contributed by atoms with E-state index in [1.165, 1.54) is 5.56 Å². The maximum Gasteiger partial charge on any atom is 0.264 e. The predicted molar refractivity (Wildman–Crippen MR) is 114 cm³/mol. The van der Waals surface area contributed by atoms with Crippen LogP contribution in [0.1, 0.15) is 16.7 Å². The number of nitrogens with zero attached hydrogens (tertiary/aromatic N) is 2. The van der Waals surface area contributed by atoms with E-state index in [9.17, 15) is 4.79 Å². The number of carbonyl (C=O) groups excluding carboxylic acids is 1. The number of nitrogens with one attached hydrogen (secondary N) is 1. The number of fused-ring (bicyclic) bond motifs is 1. The molecule has 3 aromatic carbocycles. The van der Waals surface area contributed by atoms with Gasteiger partial charge < -0.3 is 5.32 Å². The van der Waals surface area contributed by atoms with E-state index >= 15 is 0 Å². The highest BCUT2D eigenvalue weighted by atomic mass is 16.2. The van der Waals surface area contributed by atoms with Gasteiger partial charge in [0.1, 0.15) is 0 Å². The van der Waals surface area contributed by atoms with Crippen molar-refractivity contribution in [2.24, 2.45) is 4.99 Å². The molecule has 1 aliphatic rings. The molecule has 3 aromatic rings. The highest BCUT2D eigenvalue weighted by Crippen LogP contribution is 2.24. The number of carbonyl (C=O) groups is 1. The molecule has 4 rings (SSSR count). The van der Waals surface area contributed by atoms with E-state index in [0.717, 1.165) is 35.5 Å². The van der Waals surface area contributed by atoms with Crippen LogP contribution in [0.25, 0.3) is 0 Å². The van der Waals surface area contributed by atoms with Crippen LogP contribution in [0.15, 0.2) is 89.9 Å². The van der Waals surface area contributed by atoms with Crippen LogP contribution in [0.4, 0.5) is 5.69 Å². The Kier molecular flexibility index (Phi) is 5.31. The van der Waals surface area contributed by atoms with E-state index in [-0.39, 0.29) is 5.91 Å². The van der Waals surface area contributed by atoms with Crippen molar-refractivity contribution < 1.29 is 4.79 Å². The fourth-order valence-electron chi connectivity index (χ4n) is 3.44. The molecule has 0 saturated heterocycles. The number of benzodiazepines with no additional fused rings is 1. The highest BCUT2D eigenvalue weighted by Gasteiger charge is 2.28. The Morgan fingerprint density at radius 1 is 0.893 bits per heavy atom. The number of anilines is 1. The molecular weight excluding hydrogens is 346 g/mol. The van der Waals surface area contributed by atoms with Gasteiger partial charge in [-0.25, -0.2) is 0 Å². The van der Waals surface area contributed by atoms with Crippen LogP contribution in [0.3, 0.4) is 0 Å². The Morgan fingerprint density at radius 3 is 2.29 bits per heavy atom. The molecule has 140 valence electrons. The normalized spacial score (nSPS) is 16.1. The first-order chi connectivity index (χ1) is 13.7. The van der Waals surface area contributed by atoms with Crippen molar-refractivity contribution in [3.8, 4) is 0 Å². The second kappa shape index (κ2) is 8.19. The molecule has 28 heavy (non-hydrogen) atoms. The summed E-state index contributed by atoms with van der Waals surface area (Å²) < 4.78 is 0. The summed E-state index contributed by atoms with van der Waals surface area (Å²) in [5.74, 6) is -0.103. The molecule has 1 unspecified atom stereocenters. The van der Waals surface area contributed by atoms with E-state index in [2.05, 4.69) is 17.4 Å². The summed E-state index contributed by atoms with van der Waals surface area (Å²) in [6.07, 6.45) is 0.288. The van der Waals surface area contributed by atoms with Crippen molar-refractivity contribution in [2.45, 2.75) is 12.6 Å². The van der Waals surface area contributed by atoms with Crippen LogP contribution in [-0.4, -0.2) is 36.3 Å². The Hall–Kier alpha value is -3.24. The van der Waals surface area contributed by atoms with Gasteiger partial charge in [-0.2, -0.15) is 0 Å². The molecule has 4 heteroatoms. The fraction of sp³-hybridized carbons (Fsp3) is 0.167. The van der Waals surface area contributed by atoms with Crippen molar-refractivity contribution in [3.05, 3.63) is 102 Å². The van der Waals surface area contributed by atoms with Crippen LogP contribution >= 0.6 is 0 Å². The van der Waals surface area contributed by atoms with Gasteiger partial charge in [-0.05, 0) is 25.1 Å². The minimum absolute atomic E-state index is 0.103. The molecule has 0 spiro atoms. The quantitative estimate of drug-likeness (QED) is 0.739. The smallest absolute Gasteiger partial charge is 0.264 e. The summed E-state index contributed by atoms with van der Waals surface area (Å²) in [7, 11) is 1.95. The maximum absolute atomic E-state index is 12.9. The number of likely N-dealkylation sites (N-methyl/N-ethyl adjacent to an activating group) is 1. The second-order valence-electron chi connectivity index (χ2n) is 6.97. The molecule has 0 aromatic heterocycles. The molecule has 4 nitrogen and oxygen atoms in total. The van der Waals surface area contributed by atoms with E-state index in [4.69, 9.17) is 4.99 Å². The summed E-state index contributed by atoms with van der Waals surface area (Å²) >= 11 is 0. The number of aliphatic imine (C=N–C) groups is 1. The maximum atomic E-state index is 12.9. The van der Waals surface area contributed by atoms with Gasteiger partial charge in [0.2, 0.25) is 0 Å². The van der Waals surface area contributed by atoms with E-state index in [0.29, 0.717) is 0 Å². The fourth-order valence-corrected chi connectivity index (χ4v) is 3.44. The largest absolute Gasteiger partial charge is 0.322 e. The molecule has 1 heterocycles. The molecule has 1 aliphatic heterocycles. The first-order valence-electron chi connectivity index (χ1n) is 9.50. The van der Waals surface area contributed by atoms with Crippen molar-refractivity contribution in [2.75, 3.05) is 18.9 Å². The number of hydrogen-bond acceptors (Lipinski definition) is 3. The Morgan fingerprint density at radius 2 is 1.54 bits per heavy atom. The van der Waals surface area contributed by atoms with Crippen LogP contribution in [0.5, 0.6) is 0 Å². The van der Waals surface area contributed by atoms with E-state index < -0.39 is 6.17 Å². The molecular formula is C24H23N3O. The first-order valence-corrected chi connectivity index (χ1v) is 9.50. The SMILES string of the molecule is CN(CCc1ccccc1)C1N=C(c2ccccc2)c2ccccc2NC1=O. The van der Waals surface area contributed by atoms with Gasteiger partial charge in [0.25, 0.3) is 5.91 Å². The minimum Gasteiger partial charge on any atom is -0.322 e. The molecule has 0 fully saturated rings. The van der Waals surface area contributed by atoms with Crippen molar-refractivity contribution in [3.63, 3.8) is 0 Å². The van der Waals surface area contributed by atoms with E-state index in [1.54, 1.807) is 0 Å². The number of benzene rings is 3.